The summed E-state index contributed by atoms with van der Waals surface area (Å²) in [6.07, 6.45) is 4.13. The quantitative estimate of drug-likeness (QED) is 0.681. The Kier molecular flexibility index (Phi) is 6.30. The average Bonchev–Trinajstić information content (AvgIpc) is 2.73. The molecule has 0 aliphatic rings. The highest BCUT2D eigenvalue weighted by molar-refractivity contribution is 5.99. The first-order chi connectivity index (χ1) is 13.2. The maximum atomic E-state index is 12.3. The lowest BCUT2D eigenvalue weighted by molar-refractivity contribution is 0.0950. The van der Waals surface area contributed by atoms with Crippen molar-refractivity contribution < 1.29 is 9.59 Å². The normalized spacial score (nSPS) is 10.2. The third-order valence-electron chi connectivity index (χ3n) is 4.13. The monoisotopic (exact) mass is 359 g/mol. The zero-order valence-corrected chi connectivity index (χ0v) is 14.9. The van der Waals surface area contributed by atoms with Gasteiger partial charge < -0.3 is 10.6 Å². The number of aromatic nitrogens is 1. The second-order valence-corrected chi connectivity index (χ2v) is 6.11. The molecule has 1 heterocycles. The highest BCUT2D eigenvalue weighted by Crippen LogP contribution is 2.07. The molecule has 3 rings (SSSR count). The number of carbonyl (C=O) groups excluding carboxylic acids is 2. The molecule has 0 aliphatic heterocycles. The van der Waals surface area contributed by atoms with Gasteiger partial charge in [-0.15, -0.1) is 0 Å². The molecule has 0 bridgehead atoms. The Morgan fingerprint density at radius 2 is 1.41 bits per heavy atom. The number of amides is 2. The maximum absolute atomic E-state index is 12.3. The smallest absolute Gasteiger partial charge is 0.251 e. The highest BCUT2D eigenvalue weighted by atomic mass is 16.2. The summed E-state index contributed by atoms with van der Waals surface area (Å²) in [7, 11) is 0. The van der Waals surface area contributed by atoms with Crippen LogP contribution in [0.15, 0.2) is 79.1 Å². The lowest BCUT2D eigenvalue weighted by Crippen LogP contribution is -2.27. The molecular weight excluding hydrogens is 338 g/mol. The molecule has 1 aromatic heterocycles. The molecule has 0 spiro atoms. The third-order valence-corrected chi connectivity index (χ3v) is 4.13. The van der Waals surface area contributed by atoms with Crippen LogP contribution in [0.25, 0.3) is 0 Å². The van der Waals surface area contributed by atoms with Crippen molar-refractivity contribution in [3.63, 3.8) is 0 Å². The van der Waals surface area contributed by atoms with Crippen molar-refractivity contribution in [3.05, 3.63) is 101 Å². The molecule has 0 radical (unpaired) electrons. The fourth-order valence-corrected chi connectivity index (χ4v) is 2.65. The second kappa shape index (κ2) is 9.29. The molecule has 0 atom stereocenters. The first kappa shape index (κ1) is 18.3. The lowest BCUT2D eigenvalue weighted by atomic mass is 10.1. The minimum absolute atomic E-state index is 0.185. The minimum atomic E-state index is -0.217. The predicted molar refractivity (Wildman–Crippen MR) is 104 cm³/mol. The molecule has 136 valence electrons. The van der Waals surface area contributed by atoms with E-state index in [1.54, 1.807) is 36.7 Å². The van der Waals surface area contributed by atoms with Crippen LogP contribution in [-0.2, 0) is 13.0 Å². The largest absolute Gasteiger partial charge is 0.352 e. The van der Waals surface area contributed by atoms with Gasteiger partial charge in [0, 0.05) is 36.6 Å². The van der Waals surface area contributed by atoms with Gasteiger partial charge in [-0.3, -0.25) is 14.6 Å². The fraction of sp³-hybridized carbons (Fsp3) is 0.136. The van der Waals surface area contributed by atoms with Crippen molar-refractivity contribution in [2.75, 3.05) is 6.54 Å². The summed E-state index contributed by atoms with van der Waals surface area (Å²) in [6, 6.07) is 20.4. The van der Waals surface area contributed by atoms with E-state index in [0.29, 0.717) is 24.2 Å². The van der Waals surface area contributed by atoms with Crippen LogP contribution < -0.4 is 10.6 Å². The minimum Gasteiger partial charge on any atom is -0.352 e. The van der Waals surface area contributed by atoms with E-state index in [1.807, 2.05) is 42.5 Å². The molecule has 5 heteroatoms. The number of pyridine rings is 1. The van der Waals surface area contributed by atoms with E-state index in [2.05, 4.69) is 15.6 Å². The van der Waals surface area contributed by atoms with Crippen LogP contribution in [0, 0.1) is 0 Å². The van der Waals surface area contributed by atoms with Crippen molar-refractivity contribution in [2.45, 2.75) is 13.0 Å². The van der Waals surface area contributed by atoms with Crippen LogP contribution in [0.2, 0.25) is 0 Å². The Labute approximate surface area is 158 Å². The zero-order valence-electron chi connectivity index (χ0n) is 14.9. The summed E-state index contributed by atoms with van der Waals surface area (Å²) < 4.78 is 0. The van der Waals surface area contributed by atoms with Crippen molar-refractivity contribution in [2.24, 2.45) is 0 Å². The van der Waals surface area contributed by atoms with Gasteiger partial charge in [0.15, 0.2) is 0 Å². The third kappa shape index (κ3) is 5.51. The Morgan fingerprint density at radius 3 is 2.11 bits per heavy atom. The van der Waals surface area contributed by atoms with Crippen molar-refractivity contribution in [1.82, 2.24) is 15.6 Å². The topological polar surface area (TPSA) is 71.1 Å². The van der Waals surface area contributed by atoms with Gasteiger partial charge in [0.1, 0.15) is 0 Å². The molecular formula is C22H21N3O2. The van der Waals surface area contributed by atoms with Gasteiger partial charge in [-0.25, -0.2) is 0 Å². The molecule has 2 amide bonds. The summed E-state index contributed by atoms with van der Waals surface area (Å²) in [6.45, 7) is 0.955. The molecule has 5 nitrogen and oxygen atoms in total. The van der Waals surface area contributed by atoms with Crippen LogP contribution in [0.5, 0.6) is 0 Å². The molecule has 0 saturated heterocycles. The average molecular weight is 359 g/mol. The van der Waals surface area contributed by atoms with Crippen LogP contribution in [0.1, 0.15) is 31.8 Å². The van der Waals surface area contributed by atoms with Crippen molar-refractivity contribution >= 4 is 11.8 Å². The standard InChI is InChI=1S/C22H21N3O2/c26-21(24-14-11-17-5-2-1-3-6-17)19-7-4-8-20(15-19)22(27)25-16-18-9-12-23-13-10-18/h1-10,12-13,15H,11,14,16H2,(H,24,26)(H,25,27). The maximum Gasteiger partial charge on any atom is 0.251 e. The van der Waals surface area contributed by atoms with Crippen LogP contribution in [0.3, 0.4) is 0 Å². The number of hydrogen-bond acceptors (Lipinski definition) is 3. The van der Waals surface area contributed by atoms with Crippen LogP contribution in [0.4, 0.5) is 0 Å². The van der Waals surface area contributed by atoms with E-state index in [1.165, 1.54) is 5.56 Å². The Morgan fingerprint density at radius 1 is 0.741 bits per heavy atom. The molecule has 27 heavy (non-hydrogen) atoms. The number of hydrogen-bond donors (Lipinski definition) is 2. The summed E-state index contributed by atoms with van der Waals surface area (Å²) in [5.74, 6) is -0.402. The molecule has 0 aliphatic carbocycles. The summed E-state index contributed by atoms with van der Waals surface area (Å²) in [5.41, 5.74) is 3.06. The van der Waals surface area contributed by atoms with Gasteiger partial charge in [-0.1, -0.05) is 36.4 Å². The molecule has 0 fully saturated rings. The second-order valence-electron chi connectivity index (χ2n) is 6.11. The van der Waals surface area contributed by atoms with E-state index in [-0.39, 0.29) is 11.8 Å². The first-order valence-electron chi connectivity index (χ1n) is 8.81. The van der Waals surface area contributed by atoms with Gasteiger partial charge in [0.2, 0.25) is 0 Å². The fourth-order valence-electron chi connectivity index (χ4n) is 2.65. The van der Waals surface area contributed by atoms with Gasteiger partial charge in [0.05, 0.1) is 0 Å². The summed E-state index contributed by atoms with van der Waals surface area (Å²) in [4.78, 5) is 28.6. The Hall–Kier alpha value is -3.47. The molecule has 0 saturated carbocycles. The van der Waals surface area contributed by atoms with Gasteiger partial charge >= 0.3 is 0 Å². The lowest BCUT2D eigenvalue weighted by Gasteiger charge is -2.08. The Balaban J connectivity index is 1.54. The van der Waals surface area contributed by atoms with Gasteiger partial charge in [-0.2, -0.15) is 0 Å². The van der Waals surface area contributed by atoms with E-state index < -0.39 is 0 Å². The van der Waals surface area contributed by atoms with Crippen molar-refractivity contribution in [3.8, 4) is 0 Å². The van der Waals surface area contributed by atoms with E-state index in [4.69, 9.17) is 0 Å². The van der Waals surface area contributed by atoms with Crippen molar-refractivity contribution in [1.29, 1.82) is 0 Å². The molecule has 0 unspecified atom stereocenters. The first-order valence-corrected chi connectivity index (χ1v) is 8.81. The highest BCUT2D eigenvalue weighted by Gasteiger charge is 2.10. The summed E-state index contributed by atoms with van der Waals surface area (Å²) >= 11 is 0. The number of nitrogens with zero attached hydrogens (tertiary/aromatic N) is 1. The number of nitrogens with one attached hydrogen (secondary N) is 2. The molecule has 2 N–H and O–H groups in total. The van der Waals surface area contributed by atoms with E-state index >= 15 is 0 Å². The van der Waals surface area contributed by atoms with E-state index in [9.17, 15) is 9.59 Å². The number of rotatable bonds is 7. The van der Waals surface area contributed by atoms with Gasteiger partial charge in [-0.05, 0) is 47.9 Å². The molecule has 2 aromatic carbocycles. The number of benzene rings is 2. The van der Waals surface area contributed by atoms with Crippen LogP contribution >= 0.6 is 0 Å². The predicted octanol–water partition coefficient (Wildman–Crippen LogP) is 2.98. The Bertz CT molecular complexity index is 896. The van der Waals surface area contributed by atoms with Crippen LogP contribution in [-0.4, -0.2) is 23.3 Å². The number of carbonyl (C=O) groups is 2. The summed E-state index contributed by atoms with van der Waals surface area (Å²) in [5, 5.41) is 5.74. The van der Waals surface area contributed by atoms with Gasteiger partial charge in [0.25, 0.3) is 11.8 Å². The van der Waals surface area contributed by atoms with E-state index in [0.717, 1.165) is 12.0 Å². The molecule has 3 aromatic rings. The zero-order chi connectivity index (χ0) is 18.9. The SMILES string of the molecule is O=C(NCCc1ccccc1)c1cccc(C(=O)NCc2ccncc2)c1.